The molecule has 1 aliphatic rings. The number of nitrogens with one attached hydrogen (secondary N) is 1. The normalized spacial score (nSPS) is 21.8. The van der Waals surface area contributed by atoms with Crippen LogP contribution in [-0.2, 0) is 0 Å². The maximum absolute atomic E-state index is 5.52. The highest BCUT2D eigenvalue weighted by molar-refractivity contribution is 9.10. The second-order valence-electron chi connectivity index (χ2n) is 2.92. The lowest BCUT2D eigenvalue weighted by molar-refractivity contribution is 0.204. The van der Waals surface area contributed by atoms with E-state index >= 15 is 0 Å². The van der Waals surface area contributed by atoms with Gasteiger partial charge in [-0.25, -0.2) is 9.97 Å². The molecule has 1 aliphatic heterocycles. The monoisotopic (exact) mass is 243 g/mol. The molecule has 1 N–H and O–H groups in total. The van der Waals surface area contributed by atoms with Gasteiger partial charge in [0.05, 0.1) is 4.47 Å². The number of rotatable bonds is 2. The van der Waals surface area contributed by atoms with E-state index in [1.54, 1.807) is 12.4 Å². The van der Waals surface area contributed by atoms with Crippen molar-refractivity contribution in [3.8, 4) is 6.01 Å². The van der Waals surface area contributed by atoms with E-state index in [2.05, 4.69) is 31.2 Å². The molecule has 4 nitrogen and oxygen atoms in total. The molecule has 1 aromatic heterocycles. The topological polar surface area (TPSA) is 47.0 Å². The summed E-state index contributed by atoms with van der Waals surface area (Å²) in [7, 11) is 0. The summed E-state index contributed by atoms with van der Waals surface area (Å²) in [6.07, 6.45) is 4.62. The van der Waals surface area contributed by atoms with Gasteiger partial charge >= 0.3 is 6.01 Å². The van der Waals surface area contributed by atoms with Crippen LogP contribution in [0.25, 0.3) is 0 Å². The van der Waals surface area contributed by atoms with Crippen molar-refractivity contribution in [1.82, 2.24) is 15.3 Å². The third kappa shape index (κ3) is 2.38. The number of halogens is 1. The Morgan fingerprint density at radius 1 is 1.46 bits per heavy atom. The van der Waals surface area contributed by atoms with Gasteiger partial charge in [-0.2, -0.15) is 0 Å². The van der Waals surface area contributed by atoms with Crippen LogP contribution >= 0.6 is 15.9 Å². The smallest absolute Gasteiger partial charge is 0.316 e. The van der Waals surface area contributed by atoms with Crippen LogP contribution in [-0.4, -0.2) is 29.2 Å². The van der Waals surface area contributed by atoms with Crippen molar-refractivity contribution < 1.29 is 4.74 Å². The zero-order chi connectivity index (χ0) is 9.10. The molecule has 13 heavy (non-hydrogen) atoms. The zero-order valence-corrected chi connectivity index (χ0v) is 8.62. The quantitative estimate of drug-likeness (QED) is 0.842. The summed E-state index contributed by atoms with van der Waals surface area (Å²) in [5, 5.41) is 3.21. The number of aromatic nitrogens is 2. The van der Waals surface area contributed by atoms with E-state index in [1.807, 2.05) is 0 Å². The molecule has 0 amide bonds. The first-order valence-electron chi connectivity index (χ1n) is 4.19. The van der Waals surface area contributed by atoms with Crippen molar-refractivity contribution in [2.24, 2.45) is 0 Å². The van der Waals surface area contributed by atoms with Crippen LogP contribution < -0.4 is 10.1 Å². The van der Waals surface area contributed by atoms with Crippen LogP contribution in [0.5, 0.6) is 6.01 Å². The van der Waals surface area contributed by atoms with E-state index in [9.17, 15) is 0 Å². The van der Waals surface area contributed by atoms with Crippen molar-refractivity contribution >= 4 is 15.9 Å². The Bertz CT molecular complexity index is 271. The molecule has 1 aromatic rings. The van der Waals surface area contributed by atoms with Crippen LogP contribution in [0, 0.1) is 0 Å². The lowest BCUT2D eigenvalue weighted by Gasteiger charge is -2.09. The van der Waals surface area contributed by atoms with Crippen molar-refractivity contribution in [3.63, 3.8) is 0 Å². The standard InChI is InChI=1S/C8H10BrN3O/c9-6-3-11-8(12-4-6)13-7-1-2-10-5-7/h3-4,7,10H,1-2,5H2/t7-/m1/s1. The van der Waals surface area contributed by atoms with E-state index in [-0.39, 0.29) is 6.10 Å². The molecular formula is C8H10BrN3O. The Kier molecular flexibility index (Phi) is 2.75. The van der Waals surface area contributed by atoms with E-state index in [4.69, 9.17) is 4.74 Å². The Morgan fingerprint density at radius 2 is 2.23 bits per heavy atom. The van der Waals surface area contributed by atoms with E-state index in [0.29, 0.717) is 6.01 Å². The molecule has 0 saturated carbocycles. The Morgan fingerprint density at radius 3 is 2.85 bits per heavy atom. The molecule has 2 rings (SSSR count). The maximum Gasteiger partial charge on any atom is 0.316 e. The van der Waals surface area contributed by atoms with Gasteiger partial charge in [0.15, 0.2) is 0 Å². The molecule has 5 heteroatoms. The number of ether oxygens (including phenoxy) is 1. The van der Waals surface area contributed by atoms with Gasteiger partial charge in [0.1, 0.15) is 6.10 Å². The average Bonchev–Trinajstić information content (AvgIpc) is 2.62. The summed E-state index contributed by atoms with van der Waals surface area (Å²) in [5.74, 6) is 0. The van der Waals surface area contributed by atoms with E-state index < -0.39 is 0 Å². The second kappa shape index (κ2) is 4.02. The average molecular weight is 244 g/mol. The molecule has 0 bridgehead atoms. The molecule has 0 unspecified atom stereocenters. The molecule has 0 spiro atoms. The zero-order valence-electron chi connectivity index (χ0n) is 7.03. The van der Waals surface area contributed by atoms with E-state index in [0.717, 1.165) is 24.0 Å². The molecule has 0 aliphatic carbocycles. The van der Waals surface area contributed by atoms with E-state index in [1.165, 1.54) is 0 Å². The summed E-state index contributed by atoms with van der Waals surface area (Å²) in [4.78, 5) is 8.07. The number of nitrogens with zero attached hydrogens (tertiary/aromatic N) is 2. The molecule has 1 atom stereocenters. The molecular weight excluding hydrogens is 234 g/mol. The van der Waals surface area contributed by atoms with Gasteiger partial charge in [0, 0.05) is 18.9 Å². The third-order valence-corrected chi connectivity index (χ3v) is 2.29. The molecule has 0 radical (unpaired) electrons. The SMILES string of the molecule is Brc1cnc(O[C@@H]2CCNC2)nc1. The largest absolute Gasteiger partial charge is 0.459 e. The van der Waals surface area contributed by atoms with Crippen molar-refractivity contribution in [3.05, 3.63) is 16.9 Å². The molecule has 0 aromatic carbocycles. The van der Waals surface area contributed by atoms with Crippen LogP contribution in [0.2, 0.25) is 0 Å². The first kappa shape index (κ1) is 8.90. The van der Waals surface area contributed by atoms with Crippen molar-refractivity contribution in [2.75, 3.05) is 13.1 Å². The lowest BCUT2D eigenvalue weighted by Crippen LogP contribution is -2.20. The third-order valence-electron chi connectivity index (χ3n) is 1.88. The van der Waals surface area contributed by atoms with Crippen LogP contribution in [0.15, 0.2) is 16.9 Å². The fourth-order valence-corrected chi connectivity index (χ4v) is 1.44. The Labute approximate surface area is 84.9 Å². The molecule has 1 fully saturated rings. The summed E-state index contributed by atoms with van der Waals surface area (Å²) < 4.78 is 6.39. The summed E-state index contributed by atoms with van der Waals surface area (Å²) in [6.45, 7) is 1.90. The van der Waals surface area contributed by atoms with Crippen molar-refractivity contribution in [2.45, 2.75) is 12.5 Å². The highest BCUT2D eigenvalue weighted by atomic mass is 79.9. The fourth-order valence-electron chi connectivity index (χ4n) is 1.24. The predicted molar refractivity (Wildman–Crippen MR) is 51.6 cm³/mol. The minimum atomic E-state index is 0.223. The van der Waals surface area contributed by atoms with Crippen LogP contribution in [0.4, 0.5) is 0 Å². The van der Waals surface area contributed by atoms with Gasteiger partial charge in [-0.05, 0) is 28.9 Å². The fraction of sp³-hybridized carbons (Fsp3) is 0.500. The van der Waals surface area contributed by atoms with Gasteiger partial charge in [-0.1, -0.05) is 0 Å². The highest BCUT2D eigenvalue weighted by Gasteiger charge is 2.16. The first-order valence-corrected chi connectivity index (χ1v) is 4.99. The number of hydrogen-bond donors (Lipinski definition) is 1. The van der Waals surface area contributed by atoms with Crippen LogP contribution in [0.1, 0.15) is 6.42 Å². The van der Waals surface area contributed by atoms with Gasteiger partial charge in [0.2, 0.25) is 0 Å². The van der Waals surface area contributed by atoms with Crippen LogP contribution in [0.3, 0.4) is 0 Å². The van der Waals surface area contributed by atoms with Gasteiger partial charge in [-0.3, -0.25) is 0 Å². The Hall–Kier alpha value is -0.680. The van der Waals surface area contributed by atoms with Gasteiger partial charge in [0.25, 0.3) is 0 Å². The van der Waals surface area contributed by atoms with Gasteiger partial charge in [-0.15, -0.1) is 0 Å². The van der Waals surface area contributed by atoms with Gasteiger partial charge < -0.3 is 10.1 Å². The molecule has 2 heterocycles. The first-order chi connectivity index (χ1) is 6.34. The highest BCUT2D eigenvalue weighted by Crippen LogP contribution is 2.11. The minimum Gasteiger partial charge on any atom is -0.459 e. The number of hydrogen-bond acceptors (Lipinski definition) is 4. The summed E-state index contributed by atoms with van der Waals surface area (Å²) in [6, 6.07) is 0.455. The maximum atomic E-state index is 5.52. The second-order valence-corrected chi connectivity index (χ2v) is 3.83. The Balaban J connectivity index is 1.97. The predicted octanol–water partition coefficient (Wildman–Crippen LogP) is 0.980. The lowest BCUT2D eigenvalue weighted by atomic mass is 10.3. The molecule has 1 saturated heterocycles. The van der Waals surface area contributed by atoms with Crippen molar-refractivity contribution in [1.29, 1.82) is 0 Å². The summed E-state index contributed by atoms with van der Waals surface area (Å²) >= 11 is 3.27. The minimum absolute atomic E-state index is 0.223. The molecule has 70 valence electrons. The summed E-state index contributed by atoms with van der Waals surface area (Å²) in [5.41, 5.74) is 0.